The van der Waals surface area contributed by atoms with Crippen LogP contribution in [0.3, 0.4) is 0 Å². The average Bonchev–Trinajstić information content (AvgIpc) is 3.77. The molecule has 7 aromatic carbocycles. The van der Waals surface area contributed by atoms with Crippen LogP contribution in [0.2, 0.25) is 0 Å². The van der Waals surface area contributed by atoms with Gasteiger partial charge in [0.15, 0.2) is 0 Å². The van der Waals surface area contributed by atoms with Gasteiger partial charge in [0.05, 0.1) is 25.3 Å². The van der Waals surface area contributed by atoms with E-state index in [0.717, 1.165) is 22.4 Å². The van der Waals surface area contributed by atoms with Gasteiger partial charge >= 0.3 is 6.85 Å². The molecule has 0 unspecified atom stereocenters. The summed E-state index contributed by atoms with van der Waals surface area (Å²) in [5.74, 6) is 1.70. The molecule has 4 nitrogen and oxygen atoms in total. The Morgan fingerprint density at radius 3 is 1.51 bits per heavy atom. The number of methoxy groups -OCH3 is 2. The molecular weight excluding hydrogens is 791 g/mol. The van der Waals surface area contributed by atoms with Crippen molar-refractivity contribution in [1.29, 1.82) is 0 Å². The second-order valence-corrected chi connectivity index (χ2v) is 23.1. The van der Waals surface area contributed by atoms with Gasteiger partial charge in [-0.15, -0.1) is 0 Å². The average molecular weight is 853 g/mol. The van der Waals surface area contributed by atoms with Gasteiger partial charge in [-0.1, -0.05) is 138 Å². The minimum absolute atomic E-state index is 0.00628. The van der Waals surface area contributed by atoms with E-state index in [0.29, 0.717) is 0 Å². The van der Waals surface area contributed by atoms with E-state index in [1.165, 1.54) is 105 Å². The van der Waals surface area contributed by atoms with Gasteiger partial charge in [0.25, 0.3) is 0 Å². The third kappa shape index (κ3) is 6.24. The van der Waals surface area contributed by atoms with Crippen LogP contribution in [0.25, 0.3) is 82.7 Å². The van der Waals surface area contributed by atoms with Gasteiger partial charge in [-0.2, -0.15) is 0 Å². The van der Waals surface area contributed by atoms with Crippen molar-refractivity contribution in [1.82, 2.24) is 9.05 Å². The van der Waals surface area contributed by atoms with Crippen LogP contribution in [0.15, 0.2) is 115 Å². The predicted octanol–water partition coefficient (Wildman–Crippen LogP) is 14.4. The fraction of sp³-hybridized carbons (Fsp3) is 0.300. The number of hydrogen-bond donors (Lipinski definition) is 0. The number of hydrogen-bond acceptors (Lipinski definition) is 2. The van der Waals surface area contributed by atoms with Gasteiger partial charge in [-0.3, -0.25) is 0 Å². The van der Waals surface area contributed by atoms with E-state index in [-0.39, 0.29) is 28.5 Å². The van der Waals surface area contributed by atoms with Crippen LogP contribution < -0.4 is 20.4 Å². The quantitative estimate of drug-likeness (QED) is 0.165. The SMILES string of the molecule is COc1ccc2c(c1)c1cc(OC)cc3c1n2-c1cccc2c1B3n1c3ccc(-c4cc(C(C)(C)C)cc(C(C)(C)C)c4)cc3c3cc(-c4cc(C(C)(C)C)cc(C(C)(C)C)c4)cc-2c31. The van der Waals surface area contributed by atoms with Crippen molar-refractivity contribution in [3.05, 3.63) is 138 Å². The van der Waals surface area contributed by atoms with E-state index < -0.39 is 0 Å². The van der Waals surface area contributed by atoms with Crippen LogP contribution in [0, 0.1) is 0 Å². The van der Waals surface area contributed by atoms with E-state index in [1.807, 2.05) is 0 Å². The molecule has 65 heavy (non-hydrogen) atoms. The van der Waals surface area contributed by atoms with Crippen molar-refractivity contribution in [2.24, 2.45) is 0 Å². The number of aromatic nitrogens is 2. The molecular formula is C60H61BN2O2. The van der Waals surface area contributed by atoms with Crippen LogP contribution in [0.1, 0.15) is 105 Å². The van der Waals surface area contributed by atoms with E-state index in [2.05, 4.69) is 207 Å². The van der Waals surface area contributed by atoms with E-state index in [4.69, 9.17) is 9.47 Å². The van der Waals surface area contributed by atoms with Crippen LogP contribution in [-0.2, 0) is 21.7 Å². The summed E-state index contributed by atoms with van der Waals surface area (Å²) in [5.41, 5.74) is 21.7. The molecule has 0 spiro atoms. The molecule has 0 bridgehead atoms. The Labute approximate surface area is 385 Å². The number of fused-ring (bicyclic) bond motifs is 10. The molecule has 2 aromatic heterocycles. The third-order valence-electron chi connectivity index (χ3n) is 14.6. The molecule has 0 aliphatic carbocycles. The maximum absolute atomic E-state index is 6.16. The Balaban J connectivity index is 1.28. The molecule has 0 N–H and O–H groups in total. The summed E-state index contributed by atoms with van der Waals surface area (Å²) < 4.78 is 17.2. The topological polar surface area (TPSA) is 28.3 Å². The molecule has 9 aromatic rings. The van der Waals surface area contributed by atoms with Crippen molar-refractivity contribution >= 4 is 61.4 Å². The highest BCUT2D eigenvalue weighted by atomic mass is 16.5. The van der Waals surface area contributed by atoms with E-state index >= 15 is 0 Å². The molecule has 326 valence electrons. The number of ether oxygens (including phenoxy) is 2. The molecule has 0 amide bonds. The molecule has 0 atom stereocenters. The Kier molecular flexibility index (Phi) is 8.73. The number of benzene rings is 7. The van der Waals surface area contributed by atoms with Gasteiger partial charge in [-0.05, 0) is 143 Å². The lowest BCUT2D eigenvalue weighted by atomic mass is 9.45. The fourth-order valence-electron chi connectivity index (χ4n) is 10.8. The summed E-state index contributed by atoms with van der Waals surface area (Å²) in [5, 5.41) is 4.87. The molecule has 0 fully saturated rings. The van der Waals surface area contributed by atoms with Gasteiger partial charge in [-0.25, -0.2) is 0 Å². The Bertz CT molecular complexity index is 3430. The highest BCUT2D eigenvalue weighted by Crippen LogP contribution is 2.47. The van der Waals surface area contributed by atoms with Crippen molar-refractivity contribution in [3.63, 3.8) is 0 Å². The first-order chi connectivity index (χ1) is 30.6. The first-order valence-corrected chi connectivity index (χ1v) is 23.4. The second kappa shape index (κ2) is 13.7. The number of nitrogens with zero attached hydrogens (tertiary/aromatic N) is 2. The van der Waals surface area contributed by atoms with E-state index in [1.54, 1.807) is 14.2 Å². The molecule has 4 heterocycles. The molecule has 5 heteroatoms. The van der Waals surface area contributed by atoms with E-state index in [9.17, 15) is 0 Å². The minimum atomic E-state index is -0.0878. The Hall–Kier alpha value is -6.20. The molecule has 0 radical (unpaired) electrons. The van der Waals surface area contributed by atoms with Gasteiger partial charge in [0.1, 0.15) is 11.5 Å². The summed E-state index contributed by atoms with van der Waals surface area (Å²) >= 11 is 0. The zero-order chi connectivity index (χ0) is 45.9. The second-order valence-electron chi connectivity index (χ2n) is 23.1. The zero-order valence-corrected chi connectivity index (χ0v) is 40.8. The lowest BCUT2D eigenvalue weighted by Crippen LogP contribution is -2.55. The largest absolute Gasteiger partial charge is 0.497 e. The number of rotatable bonds is 4. The third-order valence-corrected chi connectivity index (χ3v) is 14.6. The zero-order valence-electron chi connectivity index (χ0n) is 40.8. The van der Waals surface area contributed by atoms with Crippen LogP contribution in [0.5, 0.6) is 11.5 Å². The first kappa shape index (κ1) is 41.5. The normalized spacial score (nSPS) is 13.7. The Morgan fingerprint density at radius 1 is 0.415 bits per heavy atom. The molecule has 2 aliphatic rings. The molecule has 0 saturated heterocycles. The van der Waals surface area contributed by atoms with Crippen molar-refractivity contribution < 1.29 is 9.47 Å². The van der Waals surface area contributed by atoms with Crippen LogP contribution in [-0.4, -0.2) is 30.1 Å². The maximum atomic E-state index is 6.16. The van der Waals surface area contributed by atoms with Crippen molar-refractivity contribution in [2.45, 2.75) is 105 Å². The Morgan fingerprint density at radius 2 is 0.923 bits per heavy atom. The smallest absolute Gasteiger partial charge is 0.333 e. The lowest BCUT2D eigenvalue weighted by molar-refractivity contribution is 0.415. The molecule has 0 saturated carbocycles. The summed E-state index contributed by atoms with van der Waals surface area (Å²) in [6.07, 6.45) is 0. The molecule has 11 rings (SSSR count). The van der Waals surface area contributed by atoms with Gasteiger partial charge in [0.2, 0.25) is 0 Å². The van der Waals surface area contributed by atoms with Crippen LogP contribution >= 0.6 is 0 Å². The highest BCUT2D eigenvalue weighted by molar-refractivity contribution is 6.90. The van der Waals surface area contributed by atoms with Crippen LogP contribution in [0.4, 0.5) is 0 Å². The maximum Gasteiger partial charge on any atom is 0.333 e. The van der Waals surface area contributed by atoms with Crippen molar-refractivity contribution in [2.75, 3.05) is 14.2 Å². The summed E-state index contributed by atoms with van der Waals surface area (Å²) in [6, 6.07) is 44.9. The lowest BCUT2D eigenvalue weighted by Gasteiger charge is -2.34. The predicted molar refractivity (Wildman–Crippen MR) is 278 cm³/mol. The van der Waals surface area contributed by atoms with Gasteiger partial charge in [0, 0.05) is 43.8 Å². The molecule has 2 aliphatic heterocycles. The first-order valence-electron chi connectivity index (χ1n) is 23.4. The standard InChI is InChI=1S/C60H61BN2O2/c1-57(2,3)38-22-35(23-39(29-38)58(4,5)6)34-18-20-52-45(26-34)48-28-37(36-24-40(59(7,8)9)30-41(25-36)60(10,11)12)27-47-44-16-15-17-53-54(44)61(63(52)55(47)48)50-33-43(65-14)32-49-46-31-42(64-13)19-21-51(46)62(53)56(49)50/h15-33H,1-14H3. The highest BCUT2D eigenvalue weighted by Gasteiger charge is 2.42. The summed E-state index contributed by atoms with van der Waals surface area (Å²) in [4.78, 5) is 0. The fourth-order valence-corrected chi connectivity index (χ4v) is 10.8. The monoisotopic (exact) mass is 852 g/mol. The minimum Gasteiger partial charge on any atom is -0.497 e. The summed E-state index contributed by atoms with van der Waals surface area (Å²) in [7, 11) is 3.54. The van der Waals surface area contributed by atoms with Crippen molar-refractivity contribution in [3.8, 4) is 50.6 Å². The van der Waals surface area contributed by atoms with Gasteiger partial charge < -0.3 is 18.5 Å². The summed E-state index contributed by atoms with van der Waals surface area (Å²) in [6.45, 7) is 27.9.